The summed E-state index contributed by atoms with van der Waals surface area (Å²) in [4.78, 5) is 12.5. The maximum Gasteiger partial charge on any atom is 0.234 e. The van der Waals surface area contributed by atoms with Gasteiger partial charge in [-0.2, -0.15) is 0 Å². The first-order valence-electron chi connectivity index (χ1n) is 9.74. The van der Waals surface area contributed by atoms with Gasteiger partial charge in [-0.25, -0.2) is 0 Å². The number of amides is 1. The van der Waals surface area contributed by atoms with Crippen LogP contribution in [-0.4, -0.2) is 33.5 Å². The Morgan fingerprint density at radius 3 is 2.67 bits per heavy atom. The first-order valence-corrected chi connectivity index (χ1v) is 10.7. The molecular weight excluding hydrogens is 400 g/mol. The molecule has 1 amide bonds. The van der Waals surface area contributed by atoms with E-state index in [4.69, 9.17) is 9.47 Å². The van der Waals surface area contributed by atoms with Crippen LogP contribution in [0.2, 0.25) is 0 Å². The normalized spacial score (nSPS) is 11.7. The van der Waals surface area contributed by atoms with Gasteiger partial charge in [-0.3, -0.25) is 4.79 Å². The summed E-state index contributed by atoms with van der Waals surface area (Å²) in [5.74, 6) is 2.21. The lowest BCUT2D eigenvalue weighted by Crippen LogP contribution is -2.16. The Morgan fingerprint density at radius 1 is 1.20 bits per heavy atom. The number of carbonyl (C=O) groups excluding carboxylic acids is 1. The van der Waals surface area contributed by atoms with Gasteiger partial charge in [-0.15, -0.1) is 10.2 Å². The molecule has 3 rings (SSSR count). The van der Waals surface area contributed by atoms with Gasteiger partial charge < -0.3 is 19.4 Å². The maximum atomic E-state index is 12.5. The minimum absolute atomic E-state index is 0.135. The minimum Gasteiger partial charge on any atom is -0.495 e. The number of rotatable bonds is 9. The number of carbonyl (C=O) groups is 1. The highest BCUT2D eigenvalue weighted by Gasteiger charge is 2.19. The van der Waals surface area contributed by atoms with E-state index < -0.39 is 0 Å². The van der Waals surface area contributed by atoms with Crippen LogP contribution in [-0.2, 0) is 11.3 Å². The summed E-state index contributed by atoms with van der Waals surface area (Å²) < 4.78 is 13.3. The molecule has 3 aromatic rings. The Kier molecular flexibility index (Phi) is 7.35. The van der Waals surface area contributed by atoms with E-state index in [0.717, 1.165) is 17.1 Å². The smallest absolute Gasteiger partial charge is 0.234 e. The van der Waals surface area contributed by atoms with Gasteiger partial charge in [0.1, 0.15) is 11.5 Å². The molecule has 0 spiro atoms. The largest absolute Gasteiger partial charge is 0.495 e. The van der Waals surface area contributed by atoms with Crippen LogP contribution in [0.3, 0.4) is 0 Å². The van der Waals surface area contributed by atoms with Gasteiger partial charge in [0.2, 0.25) is 5.91 Å². The van der Waals surface area contributed by atoms with Crippen LogP contribution in [0.4, 0.5) is 5.69 Å². The molecule has 1 atom stereocenters. The number of aromatic nitrogens is 3. The van der Waals surface area contributed by atoms with Gasteiger partial charge in [0.05, 0.1) is 18.6 Å². The van der Waals surface area contributed by atoms with E-state index in [1.165, 1.54) is 11.8 Å². The van der Waals surface area contributed by atoms with Crippen LogP contribution in [0.5, 0.6) is 11.5 Å². The fraction of sp³-hybridized carbons (Fsp3) is 0.318. The summed E-state index contributed by atoms with van der Waals surface area (Å²) in [6.45, 7) is 6.60. The number of nitrogens with zero attached hydrogens (tertiary/aromatic N) is 3. The van der Waals surface area contributed by atoms with Crippen LogP contribution in [0.25, 0.3) is 0 Å². The number of methoxy groups -OCH3 is 1. The molecule has 1 N–H and O–H groups in total. The molecule has 0 aliphatic rings. The van der Waals surface area contributed by atoms with Crippen molar-refractivity contribution in [3.63, 3.8) is 0 Å². The minimum atomic E-state index is -0.264. The molecule has 0 fully saturated rings. The van der Waals surface area contributed by atoms with Crippen molar-refractivity contribution in [3.05, 3.63) is 59.9 Å². The van der Waals surface area contributed by atoms with Crippen LogP contribution < -0.4 is 14.8 Å². The molecule has 2 aromatic carbocycles. The molecule has 7 nitrogen and oxygen atoms in total. The second-order valence-electron chi connectivity index (χ2n) is 6.70. The van der Waals surface area contributed by atoms with Crippen molar-refractivity contribution in [3.8, 4) is 11.5 Å². The predicted octanol–water partition coefficient (Wildman–Crippen LogP) is 4.49. The molecule has 158 valence electrons. The summed E-state index contributed by atoms with van der Waals surface area (Å²) in [5.41, 5.74) is 1.70. The molecule has 0 bridgehead atoms. The fourth-order valence-corrected chi connectivity index (χ4v) is 3.81. The number of para-hydroxylation sites is 1. The quantitative estimate of drug-likeness (QED) is 0.508. The van der Waals surface area contributed by atoms with E-state index in [2.05, 4.69) is 15.5 Å². The predicted molar refractivity (Wildman–Crippen MR) is 118 cm³/mol. The van der Waals surface area contributed by atoms with E-state index >= 15 is 0 Å². The van der Waals surface area contributed by atoms with Crippen LogP contribution >= 0.6 is 11.8 Å². The molecule has 1 aromatic heterocycles. The Hall–Kier alpha value is -3.00. The third-order valence-corrected chi connectivity index (χ3v) is 5.41. The average molecular weight is 427 g/mol. The number of hydrogen-bond donors (Lipinski definition) is 1. The Bertz CT molecular complexity index is 991. The first kappa shape index (κ1) is 21.7. The maximum absolute atomic E-state index is 12.5. The number of ether oxygens (including phenoxy) is 2. The second kappa shape index (κ2) is 10.2. The number of hydrogen-bond acceptors (Lipinski definition) is 6. The lowest BCUT2D eigenvalue weighted by Gasteiger charge is -2.15. The third-order valence-electron chi connectivity index (χ3n) is 4.44. The van der Waals surface area contributed by atoms with Gasteiger partial charge in [-0.1, -0.05) is 36.0 Å². The topological polar surface area (TPSA) is 78.3 Å². The molecule has 0 unspecified atom stereocenters. The van der Waals surface area contributed by atoms with Gasteiger partial charge >= 0.3 is 0 Å². The highest BCUT2D eigenvalue weighted by Crippen LogP contribution is 2.27. The van der Waals surface area contributed by atoms with E-state index in [1.807, 2.05) is 73.9 Å². The zero-order valence-corrected chi connectivity index (χ0v) is 18.4. The van der Waals surface area contributed by atoms with Crippen molar-refractivity contribution in [2.45, 2.75) is 38.6 Å². The van der Waals surface area contributed by atoms with Gasteiger partial charge in [0.25, 0.3) is 0 Å². The number of thioether (sulfide) groups is 1. The Morgan fingerprint density at radius 2 is 1.97 bits per heavy atom. The van der Waals surface area contributed by atoms with Crippen LogP contribution in [0.15, 0.2) is 53.7 Å². The highest BCUT2D eigenvalue weighted by atomic mass is 32.2. The zero-order chi connectivity index (χ0) is 21.5. The Balaban J connectivity index is 1.64. The van der Waals surface area contributed by atoms with Crippen molar-refractivity contribution in [2.24, 2.45) is 0 Å². The molecule has 30 heavy (non-hydrogen) atoms. The van der Waals surface area contributed by atoms with E-state index in [9.17, 15) is 4.79 Å². The summed E-state index contributed by atoms with van der Waals surface area (Å²) in [6, 6.07) is 15.3. The zero-order valence-electron chi connectivity index (χ0n) is 17.6. The van der Waals surface area contributed by atoms with Crippen molar-refractivity contribution in [2.75, 3.05) is 18.2 Å². The average Bonchev–Trinajstić information content (AvgIpc) is 3.16. The fourth-order valence-electron chi connectivity index (χ4n) is 3.00. The van der Waals surface area contributed by atoms with Crippen LogP contribution in [0.1, 0.15) is 31.3 Å². The molecular formula is C22H26N4O3S. The van der Waals surface area contributed by atoms with E-state index in [1.54, 1.807) is 7.11 Å². The summed E-state index contributed by atoms with van der Waals surface area (Å²) in [6.07, 6.45) is -0.264. The van der Waals surface area contributed by atoms with Crippen molar-refractivity contribution >= 4 is 23.4 Å². The SMILES string of the molecule is CCn1c(SCC(=O)Nc2cc(C)ccc2OC)nnc1[C@@H](C)Oc1ccccc1. The van der Waals surface area contributed by atoms with Gasteiger partial charge in [-0.05, 0) is 50.6 Å². The lowest BCUT2D eigenvalue weighted by molar-refractivity contribution is -0.113. The van der Waals surface area contributed by atoms with Gasteiger partial charge in [0, 0.05) is 6.54 Å². The highest BCUT2D eigenvalue weighted by molar-refractivity contribution is 7.99. The molecule has 1 heterocycles. The first-order chi connectivity index (χ1) is 14.5. The second-order valence-corrected chi connectivity index (χ2v) is 7.64. The molecule has 0 saturated carbocycles. The Labute approximate surface area is 180 Å². The standard InChI is InChI=1S/C22H26N4O3S/c1-5-26-21(16(3)29-17-9-7-6-8-10-17)24-25-22(26)30-14-20(27)23-18-13-15(2)11-12-19(18)28-4/h6-13,16H,5,14H2,1-4H3,(H,23,27)/t16-/m1/s1. The van der Waals surface area contributed by atoms with Crippen molar-refractivity contribution < 1.29 is 14.3 Å². The lowest BCUT2D eigenvalue weighted by atomic mass is 10.2. The van der Waals surface area contributed by atoms with E-state index in [0.29, 0.717) is 23.1 Å². The third kappa shape index (κ3) is 5.33. The van der Waals surface area contributed by atoms with Gasteiger partial charge in [0.15, 0.2) is 17.1 Å². The van der Waals surface area contributed by atoms with Crippen molar-refractivity contribution in [1.82, 2.24) is 14.8 Å². The van der Waals surface area contributed by atoms with Crippen molar-refractivity contribution in [1.29, 1.82) is 0 Å². The number of nitrogens with one attached hydrogen (secondary N) is 1. The number of aryl methyl sites for hydroxylation is 1. The molecule has 0 aliphatic heterocycles. The number of anilines is 1. The molecule has 8 heteroatoms. The molecule has 0 radical (unpaired) electrons. The number of benzene rings is 2. The molecule has 0 saturated heterocycles. The summed E-state index contributed by atoms with van der Waals surface area (Å²) >= 11 is 1.34. The summed E-state index contributed by atoms with van der Waals surface area (Å²) in [5, 5.41) is 12.2. The van der Waals surface area contributed by atoms with E-state index in [-0.39, 0.29) is 17.8 Å². The molecule has 0 aliphatic carbocycles. The monoisotopic (exact) mass is 426 g/mol. The summed E-state index contributed by atoms with van der Waals surface area (Å²) in [7, 11) is 1.58. The van der Waals surface area contributed by atoms with Crippen LogP contribution in [0, 0.1) is 6.92 Å².